The minimum Gasteiger partial charge on any atom is -0.497 e. The van der Waals surface area contributed by atoms with Crippen LogP contribution in [-0.4, -0.2) is 12.0 Å². The summed E-state index contributed by atoms with van der Waals surface area (Å²) in [6.45, 7) is 0. The zero-order valence-electron chi connectivity index (χ0n) is 6.89. The van der Waals surface area contributed by atoms with Crippen LogP contribution in [0.3, 0.4) is 0 Å². The summed E-state index contributed by atoms with van der Waals surface area (Å²) in [4.78, 5) is 14.2. The van der Waals surface area contributed by atoms with E-state index in [9.17, 15) is 10.1 Å². The number of ether oxygens (including phenoxy) is 1. The number of nitro benzene ring substituents is 1. The van der Waals surface area contributed by atoms with E-state index in [2.05, 4.69) is 4.84 Å². The second kappa shape index (κ2) is 3.72. The largest absolute Gasteiger partial charge is 0.497 e. The van der Waals surface area contributed by atoms with Crippen molar-refractivity contribution in [1.82, 2.24) is 0 Å². The van der Waals surface area contributed by atoms with E-state index in [4.69, 9.17) is 10.6 Å². The van der Waals surface area contributed by atoms with E-state index in [0.29, 0.717) is 5.75 Å². The molecule has 0 amide bonds. The standard InChI is InChI=1S/C7H8N2O4/c1-12-5-2-3-6(9(10)11)7(4-5)13-8/h2-4H,8H2,1H3. The van der Waals surface area contributed by atoms with Crippen LogP contribution in [0.5, 0.6) is 11.5 Å². The third-order valence-electron chi connectivity index (χ3n) is 1.49. The van der Waals surface area contributed by atoms with Gasteiger partial charge in [0.1, 0.15) is 5.75 Å². The highest BCUT2D eigenvalue weighted by Crippen LogP contribution is 2.29. The molecule has 0 aliphatic heterocycles. The molecule has 1 aromatic rings. The Balaban J connectivity index is 3.15. The number of hydrogen-bond acceptors (Lipinski definition) is 5. The molecule has 0 saturated carbocycles. The Hall–Kier alpha value is -1.82. The minimum absolute atomic E-state index is 0.0237. The Labute approximate surface area is 74.0 Å². The summed E-state index contributed by atoms with van der Waals surface area (Å²) in [6, 6.07) is 4.07. The van der Waals surface area contributed by atoms with Crippen LogP contribution in [0.4, 0.5) is 5.69 Å². The third-order valence-corrected chi connectivity index (χ3v) is 1.49. The van der Waals surface area contributed by atoms with Crippen molar-refractivity contribution >= 4 is 5.69 Å². The molecular weight excluding hydrogens is 176 g/mol. The predicted molar refractivity (Wildman–Crippen MR) is 44.5 cm³/mol. The van der Waals surface area contributed by atoms with Gasteiger partial charge in [-0.05, 0) is 6.07 Å². The summed E-state index contributed by atoms with van der Waals surface area (Å²) in [5, 5.41) is 10.4. The first-order valence-corrected chi connectivity index (χ1v) is 3.38. The molecule has 0 aromatic heterocycles. The van der Waals surface area contributed by atoms with Crippen molar-refractivity contribution in [2.45, 2.75) is 0 Å². The second-order valence-corrected chi connectivity index (χ2v) is 2.21. The molecule has 0 bridgehead atoms. The highest BCUT2D eigenvalue weighted by atomic mass is 16.6. The summed E-state index contributed by atoms with van der Waals surface area (Å²) in [5.74, 6) is 5.28. The molecule has 6 nitrogen and oxygen atoms in total. The van der Waals surface area contributed by atoms with Crippen LogP contribution in [0.15, 0.2) is 18.2 Å². The predicted octanol–water partition coefficient (Wildman–Crippen LogP) is 0.856. The zero-order valence-corrected chi connectivity index (χ0v) is 6.89. The Morgan fingerprint density at radius 2 is 2.23 bits per heavy atom. The van der Waals surface area contributed by atoms with E-state index >= 15 is 0 Å². The van der Waals surface area contributed by atoms with Crippen molar-refractivity contribution in [2.24, 2.45) is 5.90 Å². The van der Waals surface area contributed by atoms with Crippen LogP contribution in [-0.2, 0) is 0 Å². The van der Waals surface area contributed by atoms with E-state index < -0.39 is 4.92 Å². The van der Waals surface area contributed by atoms with Crippen molar-refractivity contribution < 1.29 is 14.5 Å². The van der Waals surface area contributed by atoms with Crippen LogP contribution >= 0.6 is 0 Å². The van der Waals surface area contributed by atoms with Gasteiger partial charge in [-0.15, -0.1) is 0 Å². The maximum absolute atomic E-state index is 10.4. The lowest BCUT2D eigenvalue weighted by Gasteiger charge is -2.02. The fourth-order valence-corrected chi connectivity index (χ4v) is 0.867. The number of nitro groups is 1. The first kappa shape index (κ1) is 9.27. The van der Waals surface area contributed by atoms with Crippen molar-refractivity contribution in [2.75, 3.05) is 7.11 Å². The number of rotatable bonds is 3. The highest BCUT2D eigenvalue weighted by Gasteiger charge is 2.15. The van der Waals surface area contributed by atoms with Gasteiger partial charge in [0.2, 0.25) is 5.75 Å². The molecule has 0 radical (unpaired) electrons. The molecule has 0 spiro atoms. The van der Waals surface area contributed by atoms with Gasteiger partial charge < -0.3 is 9.57 Å². The van der Waals surface area contributed by atoms with E-state index in [1.54, 1.807) is 0 Å². The van der Waals surface area contributed by atoms with Crippen LogP contribution in [0.25, 0.3) is 0 Å². The summed E-state index contributed by atoms with van der Waals surface area (Å²) in [6.07, 6.45) is 0. The van der Waals surface area contributed by atoms with Gasteiger partial charge >= 0.3 is 5.69 Å². The Morgan fingerprint density at radius 3 is 2.69 bits per heavy atom. The van der Waals surface area contributed by atoms with Gasteiger partial charge in [0.25, 0.3) is 0 Å². The first-order chi connectivity index (χ1) is 6.19. The van der Waals surface area contributed by atoms with Gasteiger partial charge in [-0.1, -0.05) is 0 Å². The average molecular weight is 184 g/mol. The maximum Gasteiger partial charge on any atom is 0.313 e. The normalized spacial score (nSPS) is 9.38. The molecule has 0 aliphatic rings. The monoisotopic (exact) mass is 184 g/mol. The Kier molecular flexibility index (Phi) is 2.65. The van der Waals surface area contributed by atoms with Gasteiger partial charge in [0.05, 0.1) is 12.0 Å². The number of nitrogens with zero attached hydrogens (tertiary/aromatic N) is 1. The van der Waals surface area contributed by atoms with Gasteiger partial charge in [0, 0.05) is 12.1 Å². The summed E-state index contributed by atoms with van der Waals surface area (Å²) in [5.41, 5.74) is -0.191. The Bertz CT molecular complexity index is 326. The van der Waals surface area contributed by atoms with Crippen molar-refractivity contribution in [1.29, 1.82) is 0 Å². The average Bonchev–Trinajstić information content (AvgIpc) is 2.16. The molecule has 0 heterocycles. The number of benzene rings is 1. The number of nitrogens with two attached hydrogens (primary N) is 1. The molecule has 13 heavy (non-hydrogen) atoms. The van der Waals surface area contributed by atoms with Gasteiger partial charge in [-0.25, -0.2) is 0 Å². The van der Waals surface area contributed by atoms with Crippen molar-refractivity contribution in [3.8, 4) is 11.5 Å². The third kappa shape index (κ3) is 1.85. The molecule has 2 N–H and O–H groups in total. The second-order valence-electron chi connectivity index (χ2n) is 2.21. The van der Waals surface area contributed by atoms with Crippen molar-refractivity contribution in [3.05, 3.63) is 28.3 Å². The molecule has 1 rings (SSSR count). The fourth-order valence-electron chi connectivity index (χ4n) is 0.867. The van der Waals surface area contributed by atoms with E-state index in [-0.39, 0.29) is 11.4 Å². The van der Waals surface area contributed by atoms with Gasteiger partial charge in [-0.3, -0.25) is 10.1 Å². The van der Waals surface area contributed by atoms with Crippen molar-refractivity contribution in [3.63, 3.8) is 0 Å². The lowest BCUT2D eigenvalue weighted by Crippen LogP contribution is -2.04. The van der Waals surface area contributed by atoms with Crippen LogP contribution in [0.1, 0.15) is 0 Å². The van der Waals surface area contributed by atoms with Gasteiger partial charge in [-0.2, -0.15) is 5.90 Å². The van der Waals surface area contributed by atoms with Crippen LogP contribution < -0.4 is 15.5 Å². The van der Waals surface area contributed by atoms with E-state index in [0.717, 1.165) is 0 Å². The van der Waals surface area contributed by atoms with E-state index in [1.807, 2.05) is 0 Å². The lowest BCUT2D eigenvalue weighted by molar-refractivity contribution is -0.385. The lowest BCUT2D eigenvalue weighted by atomic mass is 10.3. The molecule has 70 valence electrons. The number of methoxy groups -OCH3 is 1. The molecular formula is C7H8N2O4. The topological polar surface area (TPSA) is 87.6 Å². The molecule has 0 atom stereocenters. The molecule has 0 fully saturated rings. The SMILES string of the molecule is COc1ccc([N+](=O)[O-])c(ON)c1. The smallest absolute Gasteiger partial charge is 0.313 e. The van der Waals surface area contributed by atoms with E-state index in [1.165, 1.54) is 25.3 Å². The molecule has 6 heteroatoms. The molecule has 0 unspecified atom stereocenters. The molecule has 1 aromatic carbocycles. The highest BCUT2D eigenvalue weighted by molar-refractivity contribution is 5.50. The summed E-state index contributed by atoms with van der Waals surface area (Å²) in [7, 11) is 1.45. The summed E-state index contributed by atoms with van der Waals surface area (Å²) >= 11 is 0. The maximum atomic E-state index is 10.4. The summed E-state index contributed by atoms with van der Waals surface area (Å²) < 4.78 is 4.83. The Morgan fingerprint density at radius 1 is 1.54 bits per heavy atom. The van der Waals surface area contributed by atoms with Gasteiger partial charge in [0.15, 0.2) is 0 Å². The van der Waals surface area contributed by atoms with Crippen LogP contribution in [0, 0.1) is 10.1 Å². The minimum atomic E-state index is -0.582. The molecule has 0 aliphatic carbocycles. The van der Waals surface area contributed by atoms with Crippen LogP contribution in [0.2, 0.25) is 0 Å². The molecule has 0 saturated heterocycles. The fraction of sp³-hybridized carbons (Fsp3) is 0.143. The quantitative estimate of drug-likeness (QED) is 0.555. The zero-order chi connectivity index (χ0) is 9.84. The number of hydrogen-bond donors (Lipinski definition) is 1. The first-order valence-electron chi connectivity index (χ1n) is 3.38.